The summed E-state index contributed by atoms with van der Waals surface area (Å²) in [7, 11) is 0. The lowest BCUT2D eigenvalue weighted by Gasteiger charge is -2.16. The number of carboxylic acid groups (broad SMARTS) is 1. The van der Waals surface area contributed by atoms with E-state index in [9.17, 15) is 14.7 Å². The Kier molecular flexibility index (Phi) is 8.30. The van der Waals surface area contributed by atoms with Crippen molar-refractivity contribution in [2.24, 2.45) is 0 Å². The van der Waals surface area contributed by atoms with Gasteiger partial charge < -0.3 is 20.5 Å². The third kappa shape index (κ3) is 6.60. The Labute approximate surface area is 195 Å². The van der Waals surface area contributed by atoms with Gasteiger partial charge in [0.2, 0.25) is 0 Å². The second-order valence-electron chi connectivity index (χ2n) is 6.80. The molecule has 0 aliphatic carbocycles. The number of carboxylic acids is 1. The van der Waals surface area contributed by atoms with Crippen molar-refractivity contribution in [1.82, 2.24) is 10.3 Å². The van der Waals surface area contributed by atoms with Gasteiger partial charge in [-0.1, -0.05) is 47.5 Å². The van der Waals surface area contributed by atoms with Crippen molar-refractivity contribution in [3.8, 4) is 5.75 Å². The molecule has 1 heterocycles. The van der Waals surface area contributed by atoms with E-state index in [1.807, 2.05) is 18.2 Å². The summed E-state index contributed by atoms with van der Waals surface area (Å²) < 4.78 is 5.73. The number of benzene rings is 2. The second-order valence-corrected chi connectivity index (χ2v) is 7.62. The van der Waals surface area contributed by atoms with Gasteiger partial charge in [-0.15, -0.1) is 0 Å². The molecule has 0 radical (unpaired) electrons. The SMILES string of the molecule is O=C(N[C@@H](Cc1cccc(OCCNc2ccccn2)c1)C(=O)O)c1c(Cl)cccc1Cl. The Morgan fingerprint density at radius 2 is 1.78 bits per heavy atom. The van der Waals surface area contributed by atoms with Crippen molar-refractivity contribution in [3.63, 3.8) is 0 Å². The van der Waals surface area contributed by atoms with Crippen LogP contribution in [-0.2, 0) is 11.2 Å². The monoisotopic (exact) mass is 473 g/mol. The van der Waals surface area contributed by atoms with E-state index in [0.29, 0.717) is 24.5 Å². The predicted octanol–water partition coefficient (Wildman–Crippen LogP) is 4.31. The summed E-state index contributed by atoms with van der Waals surface area (Å²) in [4.78, 5) is 28.5. The number of anilines is 1. The zero-order valence-corrected chi connectivity index (χ0v) is 18.4. The van der Waals surface area contributed by atoms with E-state index >= 15 is 0 Å². The summed E-state index contributed by atoms with van der Waals surface area (Å²) in [5.74, 6) is -0.480. The number of hydrogen-bond donors (Lipinski definition) is 3. The second kappa shape index (κ2) is 11.4. The molecule has 1 atom stereocenters. The molecule has 0 bridgehead atoms. The number of aromatic nitrogens is 1. The maximum Gasteiger partial charge on any atom is 0.326 e. The topological polar surface area (TPSA) is 101 Å². The molecule has 0 unspecified atom stereocenters. The maximum atomic E-state index is 12.6. The number of carbonyl (C=O) groups excluding carboxylic acids is 1. The number of pyridine rings is 1. The maximum absolute atomic E-state index is 12.6. The van der Waals surface area contributed by atoms with Crippen LogP contribution in [0.25, 0.3) is 0 Å². The minimum Gasteiger partial charge on any atom is -0.492 e. The Bertz CT molecular complexity index is 1060. The van der Waals surface area contributed by atoms with Gasteiger partial charge >= 0.3 is 5.97 Å². The molecule has 3 aromatic rings. The van der Waals surface area contributed by atoms with Crippen molar-refractivity contribution < 1.29 is 19.4 Å². The van der Waals surface area contributed by atoms with Gasteiger partial charge in [0.25, 0.3) is 5.91 Å². The van der Waals surface area contributed by atoms with E-state index < -0.39 is 17.9 Å². The van der Waals surface area contributed by atoms with E-state index in [-0.39, 0.29) is 22.0 Å². The van der Waals surface area contributed by atoms with Crippen LogP contribution in [0.3, 0.4) is 0 Å². The van der Waals surface area contributed by atoms with E-state index in [0.717, 1.165) is 5.82 Å². The lowest BCUT2D eigenvalue weighted by atomic mass is 10.0. The number of aliphatic carboxylic acids is 1. The van der Waals surface area contributed by atoms with Crippen LogP contribution in [-0.4, -0.2) is 41.2 Å². The third-order valence-electron chi connectivity index (χ3n) is 4.47. The van der Waals surface area contributed by atoms with Crippen LogP contribution < -0.4 is 15.4 Å². The Balaban J connectivity index is 1.59. The standard InChI is InChI=1S/C23H21Cl2N3O4/c24-17-7-4-8-18(25)21(17)22(29)28-19(23(30)31)14-15-5-3-6-16(13-15)32-12-11-27-20-9-1-2-10-26-20/h1-10,13,19H,11-12,14H2,(H,26,27)(H,28,29)(H,30,31)/t19-/m0/s1. The summed E-state index contributed by atoms with van der Waals surface area (Å²) in [5, 5.41) is 15.5. The summed E-state index contributed by atoms with van der Waals surface area (Å²) in [5.41, 5.74) is 0.734. The molecule has 0 fully saturated rings. The average molecular weight is 474 g/mol. The fraction of sp³-hybridized carbons (Fsp3) is 0.174. The molecule has 1 aromatic heterocycles. The van der Waals surface area contributed by atoms with Gasteiger partial charge in [0.1, 0.15) is 24.2 Å². The van der Waals surface area contributed by atoms with Crippen LogP contribution in [0.4, 0.5) is 5.82 Å². The van der Waals surface area contributed by atoms with Crippen LogP contribution in [0, 0.1) is 0 Å². The summed E-state index contributed by atoms with van der Waals surface area (Å²) >= 11 is 12.1. The highest BCUT2D eigenvalue weighted by Gasteiger charge is 2.24. The van der Waals surface area contributed by atoms with Crippen LogP contribution in [0.15, 0.2) is 66.9 Å². The zero-order chi connectivity index (χ0) is 22.9. The summed E-state index contributed by atoms with van der Waals surface area (Å²) in [6.45, 7) is 0.942. The van der Waals surface area contributed by atoms with Crippen LogP contribution in [0.1, 0.15) is 15.9 Å². The number of carbonyl (C=O) groups is 2. The zero-order valence-electron chi connectivity index (χ0n) is 16.9. The molecule has 166 valence electrons. The molecule has 7 nitrogen and oxygen atoms in total. The van der Waals surface area contributed by atoms with Gasteiger partial charge in [-0.05, 0) is 42.0 Å². The van der Waals surface area contributed by atoms with Crippen molar-refractivity contribution in [2.75, 3.05) is 18.5 Å². The Hall–Kier alpha value is -3.29. The lowest BCUT2D eigenvalue weighted by Crippen LogP contribution is -2.42. The molecule has 32 heavy (non-hydrogen) atoms. The number of nitrogens with zero attached hydrogens (tertiary/aromatic N) is 1. The Morgan fingerprint density at radius 3 is 2.47 bits per heavy atom. The minimum absolute atomic E-state index is 0.0413. The van der Waals surface area contributed by atoms with Crippen molar-refractivity contribution in [2.45, 2.75) is 12.5 Å². The smallest absolute Gasteiger partial charge is 0.326 e. The van der Waals surface area contributed by atoms with Gasteiger partial charge in [0.15, 0.2) is 0 Å². The van der Waals surface area contributed by atoms with E-state index in [4.69, 9.17) is 27.9 Å². The lowest BCUT2D eigenvalue weighted by molar-refractivity contribution is -0.139. The molecular formula is C23H21Cl2N3O4. The molecule has 1 amide bonds. The van der Waals surface area contributed by atoms with Gasteiger partial charge in [0.05, 0.1) is 22.2 Å². The predicted molar refractivity (Wildman–Crippen MR) is 124 cm³/mol. The number of rotatable bonds is 10. The molecule has 2 aromatic carbocycles. The molecule has 9 heteroatoms. The molecule has 0 spiro atoms. The summed E-state index contributed by atoms with van der Waals surface area (Å²) in [6.07, 6.45) is 1.76. The van der Waals surface area contributed by atoms with Crippen molar-refractivity contribution in [1.29, 1.82) is 0 Å². The largest absolute Gasteiger partial charge is 0.492 e. The number of hydrogen-bond acceptors (Lipinski definition) is 5. The molecule has 0 saturated heterocycles. The van der Waals surface area contributed by atoms with Gasteiger partial charge in [0, 0.05) is 12.6 Å². The fourth-order valence-electron chi connectivity index (χ4n) is 2.96. The quantitative estimate of drug-likeness (QED) is 0.379. The molecule has 0 aliphatic heterocycles. The van der Waals surface area contributed by atoms with Gasteiger partial charge in [-0.25, -0.2) is 9.78 Å². The first kappa shape index (κ1) is 23.4. The van der Waals surface area contributed by atoms with Crippen molar-refractivity contribution >= 4 is 40.9 Å². The normalized spacial score (nSPS) is 11.4. The summed E-state index contributed by atoms with van der Waals surface area (Å²) in [6, 6.07) is 16.1. The minimum atomic E-state index is -1.17. The highest BCUT2D eigenvalue weighted by atomic mass is 35.5. The highest BCUT2D eigenvalue weighted by Crippen LogP contribution is 2.24. The molecular weight excluding hydrogens is 453 g/mol. The molecule has 3 rings (SSSR count). The van der Waals surface area contributed by atoms with E-state index in [2.05, 4.69) is 15.6 Å². The number of halogens is 2. The van der Waals surface area contributed by atoms with E-state index in [1.165, 1.54) is 12.1 Å². The first-order valence-electron chi connectivity index (χ1n) is 9.78. The first-order chi connectivity index (χ1) is 15.4. The van der Waals surface area contributed by atoms with Gasteiger partial charge in [-0.2, -0.15) is 0 Å². The van der Waals surface area contributed by atoms with Crippen LogP contribution in [0.5, 0.6) is 5.75 Å². The molecule has 0 aliphatic rings. The highest BCUT2D eigenvalue weighted by molar-refractivity contribution is 6.39. The average Bonchev–Trinajstić information content (AvgIpc) is 2.77. The number of ether oxygens (including phenoxy) is 1. The van der Waals surface area contributed by atoms with Crippen LogP contribution >= 0.6 is 23.2 Å². The van der Waals surface area contributed by atoms with Crippen molar-refractivity contribution in [3.05, 3.63) is 88.0 Å². The number of amides is 1. The van der Waals surface area contributed by atoms with Gasteiger partial charge in [-0.3, -0.25) is 4.79 Å². The molecule has 3 N–H and O–H groups in total. The molecule has 0 saturated carbocycles. The first-order valence-corrected chi connectivity index (χ1v) is 10.5. The number of nitrogens with one attached hydrogen (secondary N) is 2. The van der Waals surface area contributed by atoms with E-state index in [1.54, 1.807) is 36.5 Å². The Morgan fingerprint density at radius 1 is 1.03 bits per heavy atom. The third-order valence-corrected chi connectivity index (χ3v) is 5.10. The van der Waals surface area contributed by atoms with Crippen LogP contribution in [0.2, 0.25) is 10.0 Å². The fourth-order valence-corrected chi connectivity index (χ4v) is 3.53.